The smallest absolute Gasteiger partial charge is 0.159 e. The number of rotatable bonds is 4. The van der Waals surface area contributed by atoms with Crippen LogP contribution in [-0.2, 0) is 0 Å². The van der Waals surface area contributed by atoms with Crippen molar-refractivity contribution in [2.24, 2.45) is 0 Å². The number of fused-ring (bicyclic) bond motifs is 11. The lowest BCUT2D eigenvalue weighted by molar-refractivity contribution is 0.670. The lowest BCUT2D eigenvalue weighted by Gasteiger charge is -2.27. The molecular formula is C48H29NO2. The number of anilines is 3. The molecule has 0 aliphatic carbocycles. The van der Waals surface area contributed by atoms with Crippen LogP contribution >= 0.6 is 0 Å². The standard InChI is InChI=1S/C48H29NO2/c1-4-14-35-30(11-1)25-28-42-41-20-10-21-43(48(41)51-47(35)42)49(44-29-32-12-2-3-13-34(32)37-15-5-6-16-38(37)44)33-26-23-31(24-27-33)36-18-9-19-40-39-17-7-8-22-45(39)50-46(36)40/h1-29H. The Morgan fingerprint density at radius 2 is 0.961 bits per heavy atom. The van der Waals surface area contributed by atoms with Gasteiger partial charge in [0.25, 0.3) is 0 Å². The van der Waals surface area contributed by atoms with E-state index in [1.165, 1.54) is 21.5 Å². The van der Waals surface area contributed by atoms with E-state index in [1.54, 1.807) is 0 Å². The van der Waals surface area contributed by atoms with E-state index in [4.69, 9.17) is 8.83 Å². The molecule has 0 radical (unpaired) electrons. The van der Waals surface area contributed by atoms with Crippen molar-refractivity contribution in [1.29, 1.82) is 0 Å². The molecule has 3 nitrogen and oxygen atoms in total. The monoisotopic (exact) mass is 651 g/mol. The van der Waals surface area contributed by atoms with Gasteiger partial charge in [-0.1, -0.05) is 140 Å². The molecule has 3 heteroatoms. The summed E-state index contributed by atoms with van der Waals surface area (Å²) in [4.78, 5) is 2.37. The second-order valence-electron chi connectivity index (χ2n) is 13.2. The lowest BCUT2D eigenvalue weighted by atomic mass is 9.98. The average Bonchev–Trinajstić information content (AvgIpc) is 3.78. The van der Waals surface area contributed by atoms with Crippen molar-refractivity contribution in [3.8, 4) is 11.1 Å². The first-order valence-corrected chi connectivity index (χ1v) is 17.3. The fourth-order valence-electron chi connectivity index (χ4n) is 8.08. The van der Waals surface area contributed by atoms with Crippen LogP contribution in [0.3, 0.4) is 0 Å². The third-order valence-electron chi connectivity index (χ3n) is 10.4. The van der Waals surface area contributed by atoms with Crippen molar-refractivity contribution in [2.75, 3.05) is 4.90 Å². The van der Waals surface area contributed by atoms with Gasteiger partial charge in [0, 0.05) is 43.6 Å². The molecule has 0 fully saturated rings. The Morgan fingerprint density at radius 1 is 0.333 bits per heavy atom. The molecule has 0 atom stereocenters. The Bertz CT molecular complexity index is 3150. The van der Waals surface area contributed by atoms with E-state index in [0.717, 1.165) is 82.8 Å². The molecular weight excluding hydrogens is 623 g/mol. The van der Waals surface area contributed by atoms with Gasteiger partial charge >= 0.3 is 0 Å². The highest BCUT2D eigenvalue weighted by atomic mass is 16.3. The fourth-order valence-corrected chi connectivity index (χ4v) is 8.08. The van der Waals surface area contributed by atoms with Crippen LogP contribution in [-0.4, -0.2) is 0 Å². The number of nitrogens with zero attached hydrogens (tertiary/aromatic N) is 1. The summed E-state index contributed by atoms with van der Waals surface area (Å²) in [5.41, 5.74) is 8.86. The van der Waals surface area contributed by atoms with E-state index in [2.05, 4.69) is 169 Å². The van der Waals surface area contributed by atoms with Crippen LogP contribution in [0, 0.1) is 0 Å². The molecule has 0 saturated carbocycles. The third kappa shape index (κ3) is 4.19. The van der Waals surface area contributed by atoms with Crippen molar-refractivity contribution >= 4 is 93.3 Å². The normalized spacial score (nSPS) is 11.9. The minimum Gasteiger partial charge on any atom is -0.455 e. The Labute approximate surface area is 293 Å². The molecule has 11 aromatic rings. The van der Waals surface area contributed by atoms with Gasteiger partial charge in [0.15, 0.2) is 5.58 Å². The van der Waals surface area contributed by atoms with E-state index in [1.807, 2.05) is 12.1 Å². The van der Waals surface area contributed by atoms with Gasteiger partial charge in [-0.2, -0.15) is 0 Å². The molecule has 0 amide bonds. The quantitative estimate of drug-likeness (QED) is 0.177. The SMILES string of the molecule is c1ccc2c(c1)cc(N(c1ccc(-c3cccc4c3oc3ccccc34)cc1)c1cccc3c1oc1c4ccccc4ccc31)c1ccccc12. The molecule has 0 aliphatic heterocycles. The number of para-hydroxylation sites is 3. The second-order valence-corrected chi connectivity index (χ2v) is 13.2. The van der Waals surface area contributed by atoms with Gasteiger partial charge in [-0.25, -0.2) is 0 Å². The summed E-state index contributed by atoms with van der Waals surface area (Å²) in [5.74, 6) is 0. The fraction of sp³-hybridized carbons (Fsp3) is 0. The first kappa shape index (κ1) is 28.0. The highest BCUT2D eigenvalue weighted by Crippen LogP contribution is 2.47. The van der Waals surface area contributed by atoms with Crippen LogP contribution in [0.25, 0.3) is 87.3 Å². The minimum absolute atomic E-state index is 0.859. The van der Waals surface area contributed by atoms with Gasteiger partial charge in [-0.3, -0.25) is 0 Å². The summed E-state index contributed by atoms with van der Waals surface area (Å²) in [5, 5.41) is 11.6. The summed E-state index contributed by atoms with van der Waals surface area (Å²) in [6.45, 7) is 0. The predicted octanol–water partition coefficient (Wildman–Crippen LogP) is 14.1. The first-order valence-electron chi connectivity index (χ1n) is 17.3. The molecule has 9 aromatic carbocycles. The average molecular weight is 652 g/mol. The Balaban J connectivity index is 1.17. The van der Waals surface area contributed by atoms with Gasteiger partial charge in [-0.15, -0.1) is 0 Å². The van der Waals surface area contributed by atoms with Crippen molar-refractivity contribution in [1.82, 2.24) is 0 Å². The molecule has 0 saturated heterocycles. The van der Waals surface area contributed by atoms with Crippen molar-refractivity contribution in [3.63, 3.8) is 0 Å². The third-order valence-corrected chi connectivity index (χ3v) is 10.4. The van der Waals surface area contributed by atoms with Gasteiger partial charge in [-0.05, 0) is 63.5 Å². The van der Waals surface area contributed by atoms with Crippen molar-refractivity contribution < 1.29 is 8.83 Å². The van der Waals surface area contributed by atoms with Crippen LogP contribution in [0.4, 0.5) is 17.1 Å². The number of benzene rings is 9. The maximum Gasteiger partial charge on any atom is 0.159 e. The zero-order chi connectivity index (χ0) is 33.5. The van der Waals surface area contributed by atoms with Gasteiger partial charge in [0.1, 0.15) is 16.7 Å². The Hall–Kier alpha value is -6.84. The summed E-state index contributed by atoms with van der Waals surface area (Å²) in [7, 11) is 0. The van der Waals surface area contributed by atoms with E-state index in [-0.39, 0.29) is 0 Å². The zero-order valence-electron chi connectivity index (χ0n) is 27.5. The highest BCUT2D eigenvalue weighted by Gasteiger charge is 2.23. The molecule has 0 aliphatic rings. The van der Waals surface area contributed by atoms with E-state index < -0.39 is 0 Å². The zero-order valence-corrected chi connectivity index (χ0v) is 27.5. The molecule has 51 heavy (non-hydrogen) atoms. The molecule has 238 valence electrons. The van der Waals surface area contributed by atoms with Crippen LogP contribution in [0.5, 0.6) is 0 Å². The number of furan rings is 2. The van der Waals surface area contributed by atoms with E-state index in [9.17, 15) is 0 Å². The van der Waals surface area contributed by atoms with Gasteiger partial charge in [0.2, 0.25) is 0 Å². The van der Waals surface area contributed by atoms with Crippen LogP contribution in [0.2, 0.25) is 0 Å². The van der Waals surface area contributed by atoms with Gasteiger partial charge in [0.05, 0.1) is 11.4 Å². The largest absolute Gasteiger partial charge is 0.455 e. The van der Waals surface area contributed by atoms with Crippen molar-refractivity contribution in [2.45, 2.75) is 0 Å². The van der Waals surface area contributed by atoms with E-state index >= 15 is 0 Å². The number of hydrogen-bond acceptors (Lipinski definition) is 3. The topological polar surface area (TPSA) is 29.5 Å². The Morgan fingerprint density at radius 3 is 1.80 bits per heavy atom. The Kier molecular flexibility index (Phi) is 5.96. The summed E-state index contributed by atoms with van der Waals surface area (Å²) < 4.78 is 13.4. The molecule has 0 N–H and O–H groups in total. The first-order chi connectivity index (χ1) is 25.3. The summed E-state index contributed by atoms with van der Waals surface area (Å²) in [6, 6.07) is 62.5. The van der Waals surface area contributed by atoms with Crippen LogP contribution in [0.1, 0.15) is 0 Å². The maximum atomic E-state index is 6.94. The minimum atomic E-state index is 0.859. The molecule has 2 aromatic heterocycles. The molecule has 0 spiro atoms. The molecule has 0 unspecified atom stereocenters. The molecule has 11 rings (SSSR count). The molecule has 2 heterocycles. The van der Waals surface area contributed by atoms with Crippen molar-refractivity contribution in [3.05, 3.63) is 176 Å². The predicted molar refractivity (Wildman–Crippen MR) is 214 cm³/mol. The highest BCUT2D eigenvalue weighted by molar-refractivity contribution is 6.19. The summed E-state index contributed by atoms with van der Waals surface area (Å²) in [6.07, 6.45) is 0. The van der Waals surface area contributed by atoms with E-state index in [0.29, 0.717) is 0 Å². The maximum absolute atomic E-state index is 6.94. The lowest BCUT2D eigenvalue weighted by Crippen LogP contribution is -2.11. The number of hydrogen-bond donors (Lipinski definition) is 0. The van der Waals surface area contributed by atoms with Gasteiger partial charge < -0.3 is 13.7 Å². The molecule has 0 bridgehead atoms. The van der Waals surface area contributed by atoms with Crippen LogP contribution < -0.4 is 4.90 Å². The second kappa shape index (κ2) is 10.8. The van der Waals surface area contributed by atoms with Crippen LogP contribution in [0.15, 0.2) is 185 Å². The summed E-state index contributed by atoms with van der Waals surface area (Å²) >= 11 is 0.